The Morgan fingerprint density at radius 3 is 2.12 bits per heavy atom. The highest BCUT2D eigenvalue weighted by atomic mass is 19.4. The number of rotatable bonds is 6. The first-order valence-corrected chi connectivity index (χ1v) is 12.2. The number of anilines is 3. The summed E-state index contributed by atoms with van der Waals surface area (Å²) in [4.78, 5) is 42.1. The molecular formula is C28H25F5N4O4. The average molecular weight is 577 g/mol. The van der Waals surface area contributed by atoms with Crippen LogP contribution in [-0.4, -0.2) is 49.3 Å². The minimum absolute atomic E-state index is 0.110. The van der Waals surface area contributed by atoms with Crippen molar-refractivity contribution in [1.29, 1.82) is 0 Å². The van der Waals surface area contributed by atoms with E-state index < -0.39 is 53.0 Å². The first-order chi connectivity index (χ1) is 19.1. The van der Waals surface area contributed by atoms with E-state index in [4.69, 9.17) is 0 Å². The van der Waals surface area contributed by atoms with Crippen LogP contribution in [0.3, 0.4) is 0 Å². The second-order valence-electron chi connectivity index (χ2n) is 9.79. The summed E-state index contributed by atoms with van der Waals surface area (Å²) in [6.45, 7) is 2.64. The lowest BCUT2D eigenvalue weighted by Gasteiger charge is -2.30. The second-order valence-corrected chi connectivity index (χ2v) is 9.79. The number of nitrogens with one attached hydrogen (secondary N) is 2. The van der Waals surface area contributed by atoms with E-state index in [1.807, 2.05) is 0 Å². The Kier molecular flexibility index (Phi) is 7.91. The molecule has 3 aromatic carbocycles. The molecular weight excluding hydrogens is 551 g/mol. The van der Waals surface area contributed by atoms with Crippen molar-refractivity contribution in [3.05, 3.63) is 83.9 Å². The number of carbonyl (C=O) groups excluding carboxylic acids is 3. The van der Waals surface area contributed by atoms with Crippen molar-refractivity contribution in [2.75, 3.05) is 23.4 Å². The minimum Gasteiger partial charge on any atom is -0.406 e. The zero-order chi connectivity index (χ0) is 30.1. The number of benzene rings is 3. The van der Waals surface area contributed by atoms with Gasteiger partial charge in [-0.05, 0) is 80.6 Å². The van der Waals surface area contributed by atoms with Gasteiger partial charge in [-0.15, -0.1) is 13.2 Å². The van der Waals surface area contributed by atoms with Gasteiger partial charge in [-0.3, -0.25) is 14.4 Å². The van der Waals surface area contributed by atoms with Crippen LogP contribution in [0.2, 0.25) is 0 Å². The lowest BCUT2D eigenvalue weighted by molar-refractivity contribution is -0.274. The van der Waals surface area contributed by atoms with Gasteiger partial charge in [0.2, 0.25) is 5.91 Å². The number of carbonyl (C=O) groups is 3. The normalized spacial score (nSPS) is 15.6. The molecule has 2 N–H and O–H groups in total. The molecule has 1 aliphatic rings. The number of ether oxygens (including phenoxy) is 1. The molecule has 0 bridgehead atoms. The van der Waals surface area contributed by atoms with Crippen molar-refractivity contribution in [3.8, 4) is 5.75 Å². The largest absolute Gasteiger partial charge is 0.573 e. The highest BCUT2D eigenvalue weighted by Gasteiger charge is 2.38. The molecule has 0 aliphatic carbocycles. The van der Waals surface area contributed by atoms with E-state index in [1.165, 1.54) is 51.2 Å². The number of hydrogen-bond donors (Lipinski definition) is 2. The monoisotopic (exact) mass is 576 g/mol. The lowest BCUT2D eigenvalue weighted by atomic mass is 10.0. The molecule has 0 saturated carbocycles. The van der Waals surface area contributed by atoms with Crippen molar-refractivity contribution in [3.63, 3.8) is 0 Å². The van der Waals surface area contributed by atoms with Crippen molar-refractivity contribution < 1.29 is 41.1 Å². The molecule has 3 aromatic rings. The molecule has 0 saturated heterocycles. The predicted molar refractivity (Wildman–Crippen MR) is 140 cm³/mol. The Morgan fingerprint density at radius 1 is 0.902 bits per heavy atom. The van der Waals surface area contributed by atoms with E-state index in [2.05, 4.69) is 15.4 Å². The minimum atomic E-state index is -4.89. The lowest BCUT2D eigenvalue weighted by Crippen LogP contribution is -2.60. The summed E-state index contributed by atoms with van der Waals surface area (Å²) < 4.78 is 69.3. The Hall–Kier alpha value is -4.68. The van der Waals surface area contributed by atoms with Crippen LogP contribution < -0.4 is 25.2 Å². The van der Waals surface area contributed by atoms with Crippen molar-refractivity contribution >= 4 is 34.8 Å². The van der Waals surface area contributed by atoms with Gasteiger partial charge in [0.05, 0.1) is 17.9 Å². The molecule has 0 spiro atoms. The first kappa shape index (κ1) is 29.3. The average Bonchev–Trinajstić information content (AvgIpc) is 2.99. The number of hydrogen-bond acceptors (Lipinski definition) is 5. The molecule has 3 amide bonds. The number of nitrogens with zero attached hydrogens (tertiary/aromatic N) is 2. The van der Waals surface area contributed by atoms with Gasteiger partial charge in [-0.1, -0.05) is 0 Å². The van der Waals surface area contributed by atoms with Crippen LogP contribution in [0, 0.1) is 11.6 Å². The van der Waals surface area contributed by atoms with Crippen molar-refractivity contribution in [1.82, 2.24) is 10.6 Å². The van der Waals surface area contributed by atoms with Gasteiger partial charge in [0, 0.05) is 18.3 Å². The maximum absolute atomic E-state index is 14.2. The number of amides is 3. The SMILES string of the molecule is CN1C(=O)[C@H](NC(=O)C(C)(C)NC(=O)c2ccc(F)cc2)CN(c2ccc(OC(F)(F)F)cc2)c2ccc(F)cc21. The maximum atomic E-state index is 14.2. The Balaban J connectivity index is 1.61. The maximum Gasteiger partial charge on any atom is 0.573 e. The van der Waals surface area contributed by atoms with Crippen molar-refractivity contribution in [2.45, 2.75) is 31.8 Å². The van der Waals surface area contributed by atoms with E-state index in [9.17, 15) is 36.3 Å². The third kappa shape index (κ3) is 6.73. The smallest absolute Gasteiger partial charge is 0.406 e. The second kappa shape index (κ2) is 11.1. The van der Waals surface area contributed by atoms with Crippen LogP contribution >= 0.6 is 0 Å². The fraction of sp³-hybridized carbons (Fsp3) is 0.250. The molecule has 1 aliphatic heterocycles. The summed E-state index contributed by atoms with van der Waals surface area (Å²) >= 11 is 0. The van der Waals surface area contributed by atoms with Gasteiger partial charge in [-0.25, -0.2) is 8.78 Å². The van der Waals surface area contributed by atoms with Gasteiger partial charge in [-0.2, -0.15) is 0 Å². The number of alkyl halides is 3. The molecule has 0 fully saturated rings. The molecule has 8 nitrogen and oxygen atoms in total. The van der Waals surface area contributed by atoms with E-state index >= 15 is 0 Å². The zero-order valence-corrected chi connectivity index (χ0v) is 22.1. The number of fused-ring (bicyclic) bond motifs is 1. The van der Waals surface area contributed by atoms with Crippen LogP contribution in [0.15, 0.2) is 66.7 Å². The first-order valence-electron chi connectivity index (χ1n) is 12.2. The van der Waals surface area contributed by atoms with Crippen LogP contribution in [-0.2, 0) is 9.59 Å². The van der Waals surface area contributed by atoms with E-state index in [0.29, 0.717) is 11.4 Å². The van der Waals surface area contributed by atoms with Gasteiger partial charge < -0.3 is 25.2 Å². The summed E-state index contributed by atoms with van der Waals surface area (Å²) in [5, 5.41) is 5.17. The zero-order valence-electron chi connectivity index (χ0n) is 22.1. The summed E-state index contributed by atoms with van der Waals surface area (Å²) in [7, 11) is 1.39. The molecule has 0 aromatic heterocycles. The fourth-order valence-corrected chi connectivity index (χ4v) is 4.24. The number of halogens is 5. The van der Waals surface area contributed by atoms with Gasteiger partial charge in [0.25, 0.3) is 11.8 Å². The van der Waals surface area contributed by atoms with Gasteiger partial charge >= 0.3 is 6.36 Å². The third-order valence-electron chi connectivity index (χ3n) is 6.37. The van der Waals surface area contributed by atoms with E-state index in [-0.39, 0.29) is 17.8 Å². The van der Waals surface area contributed by atoms with Crippen LogP contribution in [0.5, 0.6) is 5.75 Å². The third-order valence-corrected chi connectivity index (χ3v) is 6.37. The molecule has 4 rings (SSSR count). The number of likely N-dealkylation sites (N-methyl/N-ethyl adjacent to an activating group) is 1. The van der Waals surface area contributed by atoms with Crippen LogP contribution in [0.1, 0.15) is 24.2 Å². The Labute approximate surface area is 231 Å². The van der Waals surface area contributed by atoms with Gasteiger partial charge in [0.1, 0.15) is 29.0 Å². The van der Waals surface area contributed by atoms with Crippen LogP contribution in [0.25, 0.3) is 0 Å². The highest BCUT2D eigenvalue weighted by molar-refractivity contribution is 6.05. The van der Waals surface area contributed by atoms with Gasteiger partial charge in [0.15, 0.2) is 0 Å². The molecule has 41 heavy (non-hydrogen) atoms. The summed E-state index contributed by atoms with van der Waals surface area (Å²) in [5.41, 5.74) is -0.576. The molecule has 0 radical (unpaired) electrons. The predicted octanol–water partition coefficient (Wildman–Crippen LogP) is 4.67. The molecule has 216 valence electrons. The molecule has 13 heteroatoms. The Morgan fingerprint density at radius 2 is 1.51 bits per heavy atom. The molecule has 1 atom stereocenters. The van der Waals surface area contributed by atoms with E-state index in [0.717, 1.165) is 41.3 Å². The topological polar surface area (TPSA) is 91.0 Å². The highest BCUT2D eigenvalue weighted by Crippen LogP contribution is 2.38. The van der Waals surface area contributed by atoms with Crippen molar-refractivity contribution in [2.24, 2.45) is 0 Å². The van der Waals surface area contributed by atoms with Crippen LogP contribution in [0.4, 0.5) is 39.0 Å². The Bertz CT molecular complexity index is 1460. The standard InChI is InChI=1S/C28H25F5N4O4/c1-27(2,35-24(38)16-4-6-17(29)7-5-16)26(40)34-21-15-37(19-9-11-20(12-10-19)41-28(31,32)33)22-13-8-18(30)14-23(22)36(3)25(21)39/h4-14,21H,15H2,1-3H3,(H,34,40)(H,35,38)/t21-/m1/s1. The quantitative estimate of drug-likeness (QED) is 0.417. The fourth-order valence-electron chi connectivity index (χ4n) is 4.24. The van der Waals surface area contributed by atoms with E-state index in [1.54, 1.807) is 4.90 Å². The summed E-state index contributed by atoms with van der Waals surface area (Å²) in [6, 6.07) is 12.0. The summed E-state index contributed by atoms with van der Waals surface area (Å²) in [6.07, 6.45) is -4.89. The molecule has 1 heterocycles. The summed E-state index contributed by atoms with van der Waals surface area (Å²) in [5.74, 6) is -3.63. The molecule has 0 unspecified atom stereocenters.